The highest BCUT2D eigenvalue weighted by Gasteiger charge is 2.21. The van der Waals surface area contributed by atoms with Crippen molar-refractivity contribution in [1.82, 2.24) is 0 Å². The predicted molar refractivity (Wildman–Crippen MR) is 52.4 cm³/mol. The first-order valence-corrected chi connectivity index (χ1v) is 4.80. The molecule has 0 saturated heterocycles. The van der Waals surface area contributed by atoms with Crippen molar-refractivity contribution in [1.29, 1.82) is 0 Å². The lowest BCUT2D eigenvalue weighted by atomic mass is 10.1. The van der Waals surface area contributed by atoms with E-state index in [1.165, 1.54) is 0 Å². The van der Waals surface area contributed by atoms with Crippen molar-refractivity contribution >= 4 is 5.78 Å². The zero-order valence-electron chi connectivity index (χ0n) is 8.16. The summed E-state index contributed by atoms with van der Waals surface area (Å²) in [5.41, 5.74) is 0.591. The fourth-order valence-electron chi connectivity index (χ4n) is 1.41. The van der Waals surface area contributed by atoms with E-state index in [2.05, 4.69) is 0 Å². The number of Topliss-reactive ketones (excluding diaryl/α,β-unsaturated/α-hetero) is 1. The third kappa shape index (κ3) is 2.09. The normalized spacial score (nSPS) is 13.5. The number of hydrogen-bond acceptors (Lipinski definition) is 3. The zero-order chi connectivity index (χ0) is 10.7. The number of hydrogen-bond donors (Lipinski definition) is 0. The summed E-state index contributed by atoms with van der Waals surface area (Å²) < 4.78 is 22.2. The van der Waals surface area contributed by atoms with Crippen LogP contribution in [-0.4, -0.2) is 25.7 Å². The van der Waals surface area contributed by atoms with Crippen molar-refractivity contribution in [3.05, 3.63) is 23.8 Å². The largest absolute Gasteiger partial charge is 0.493 e. The maximum atomic E-state index is 11.8. The van der Waals surface area contributed by atoms with E-state index in [9.17, 15) is 9.18 Å². The number of benzene rings is 1. The predicted octanol–water partition coefficient (Wildman–Crippen LogP) is 2.00. The van der Waals surface area contributed by atoms with Crippen LogP contribution in [0.3, 0.4) is 0 Å². The highest BCUT2D eigenvalue weighted by atomic mass is 19.1. The van der Waals surface area contributed by atoms with E-state index in [4.69, 9.17) is 9.47 Å². The van der Waals surface area contributed by atoms with Gasteiger partial charge < -0.3 is 9.47 Å². The molecule has 1 aromatic rings. The van der Waals surface area contributed by atoms with Gasteiger partial charge in [-0.2, -0.15) is 0 Å². The molecule has 1 heterocycles. The Labute approximate surface area is 86.8 Å². The Bertz CT molecular complexity index is 376. The summed E-state index contributed by atoms with van der Waals surface area (Å²) in [5, 5.41) is 0. The van der Waals surface area contributed by atoms with Gasteiger partial charge in [0.05, 0.1) is 18.8 Å². The molecule has 0 atom stereocenters. The van der Waals surface area contributed by atoms with Crippen LogP contribution >= 0.6 is 0 Å². The van der Waals surface area contributed by atoms with E-state index in [0.29, 0.717) is 30.1 Å². The molecule has 0 aromatic heterocycles. The monoisotopic (exact) mass is 210 g/mol. The van der Waals surface area contributed by atoms with Crippen LogP contribution in [0, 0.1) is 0 Å². The summed E-state index contributed by atoms with van der Waals surface area (Å²) in [6.45, 7) is 0.0480. The van der Waals surface area contributed by atoms with Crippen molar-refractivity contribution < 1.29 is 18.7 Å². The maximum Gasteiger partial charge on any atom is 0.203 e. The first-order chi connectivity index (χ1) is 7.31. The average molecular weight is 210 g/mol. The van der Waals surface area contributed by atoms with Crippen LogP contribution in [0.2, 0.25) is 0 Å². The van der Waals surface area contributed by atoms with Gasteiger partial charge in [0.25, 0.3) is 0 Å². The highest BCUT2D eigenvalue weighted by molar-refractivity contribution is 6.02. The second-order valence-electron chi connectivity index (χ2n) is 3.26. The maximum absolute atomic E-state index is 11.8. The van der Waals surface area contributed by atoms with Gasteiger partial charge in [-0.3, -0.25) is 9.18 Å². The van der Waals surface area contributed by atoms with Crippen molar-refractivity contribution in [2.75, 3.05) is 19.9 Å². The Kier molecular flexibility index (Phi) is 2.85. The molecule has 80 valence electrons. The van der Waals surface area contributed by atoms with Gasteiger partial charge in [-0.15, -0.1) is 0 Å². The van der Waals surface area contributed by atoms with Crippen LogP contribution in [-0.2, 0) is 0 Å². The fraction of sp³-hybridized carbons (Fsp3) is 0.364. The van der Waals surface area contributed by atoms with Crippen LogP contribution in [0.15, 0.2) is 18.2 Å². The lowest BCUT2D eigenvalue weighted by molar-refractivity contribution is 0.0961. The molecule has 15 heavy (non-hydrogen) atoms. The molecule has 1 aliphatic rings. The molecule has 0 aliphatic carbocycles. The quantitative estimate of drug-likeness (QED) is 0.713. The summed E-state index contributed by atoms with van der Waals surface area (Å²) in [6, 6.07) is 5.04. The smallest absolute Gasteiger partial charge is 0.203 e. The Morgan fingerprint density at radius 1 is 1.47 bits per heavy atom. The summed E-state index contributed by atoms with van der Waals surface area (Å²) in [6.07, 6.45) is 0.372. The lowest BCUT2D eigenvalue weighted by Gasteiger charge is -2.05. The van der Waals surface area contributed by atoms with Gasteiger partial charge in [0.1, 0.15) is 11.5 Å². The second-order valence-corrected chi connectivity index (χ2v) is 3.26. The van der Waals surface area contributed by atoms with Gasteiger partial charge in [0.15, 0.2) is 6.61 Å². The SMILES string of the molecule is O=C1COc2cc(OCCCF)ccc21. The number of ether oxygens (including phenoxy) is 2. The molecule has 0 radical (unpaired) electrons. The number of carbonyl (C=O) groups is 1. The number of alkyl halides is 1. The van der Waals surface area contributed by atoms with Crippen LogP contribution in [0.25, 0.3) is 0 Å². The Morgan fingerprint density at radius 3 is 3.13 bits per heavy atom. The molecule has 1 aromatic carbocycles. The molecule has 0 fully saturated rings. The van der Waals surface area contributed by atoms with Crippen LogP contribution in [0.5, 0.6) is 11.5 Å². The van der Waals surface area contributed by atoms with Gasteiger partial charge >= 0.3 is 0 Å². The summed E-state index contributed by atoms with van der Waals surface area (Å²) >= 11 is 0. The first kappa shape index (κ1) is 9.96. The number of fused-ring (bicyclic) bond motifs is 1. The minimum atomic E-state index is -0.389. The van der Waals surface area contributed by atoms with Crippen LogP contribution in [0.1, 0.15) is 16.8 Å². The zero-order valence-corrected chi connectivity index (χ0v) is 8.16. The molecule has 3 nitrogen and oxygen atoms in total. The summed E-state index contributed by atoms with van der Waals surface area (Å²) in [7, 11) is 0. The number of rotatable bonds is 4. The van der Waals surface area contributed by atoms with Gasteiger partial charge in [0, 0.05) is 12.5 Å². The summed E-state index contributed by atoms with van der Waals surface area (Å²) in [5.74, 6) is 1.15. The van der Waals surface area contributed by atoms with E-state index in [-0.39, 0.29) is 19.1 Å². The Hall–Kier alpha value is -1.58. The number of carbonyl (C=O) groups excluding carboxylic acids is 1. The van der Waals surface area contributed by atoms with E-state index in [0.717, 1.165) is 0 Å². The third-order valence-electron chi connectivity index (χ3n) is 2.16. The molecular weight excluding hydrogens is 199 g/mol. The first-order valence-electron chi connectivity index (χ1n) is 4.80. The van der Waals surface area contributed by atoms with Crippen LogP contribution in [0.4, 0.5) is 4.39 Å². The van der Waals surface area contributed by atoms with E-state index in [1.807, 2.05) is 0 Å². The van der Waals surface area contributed by atoms with Gasteiger partial charge in [-0.1, -0.05) is 0 Å². The molecule has 0 unspecified atom stereocenters. The molecule has 2 rings (SSSR count). The van der Waals surface area contributed by atoms with Gasteiger partial charge in [-0.05, 0) is 12.1 Å². The topological polar surface area (TPSA) is 35.5 Å². The van der Waals surface area contributed by atoms with Crippen molar-refractivity contribution in [2.45, 2.75) is 6.42 Å². The minimum absolute atomic E-state index is 0.0136. The van der Waals surface area contributed by atoms with Gasteiger partial charge in [0.2, 0.25) is 5.78 Å². The molecule has 0 saturated carbocycles. The van der Waals surface area contributed by atoms with E-state index >= 15 is 0 Å². The highest BCUT2D eigenvalue weighted by Crippen LogP contribution is 2.29. The van der Waals surface area contributed by atoms with Crippen molar-refractivity contribution in [3.8, 4) is 11.5 Å². The Morgan fingerprint density at radius 2 is 2.33 bits per heavy atom. The third-order valence-corrected chi connectivity index (χ3v) is 2.16. The van der Waals surface area contributed by atoms with Gasteiger partial charge in [-0.25, -0.2) is 0 Å². The summed E-state index contributed by atoms with van der Waals surface area (Å²) in [4.78, 5) is 11.2. The molecular formula is C11H11FO3. The average Bonchev–Trinajstić information content (AvgIpc) is 2.61. The Balaban J connectivity index is 2.06. The standard InChI is InChI=1S/C11H11FO3/c12-4-1-5-14-8-2-3-9-10(13)7-15-11(9)6-8/h2-3,6H,1,4-5,7H2. The number of halogens is 1. The molecule has 1 aliphatic heterocycles. The van der Waals surface area contributed by atoms with E-state index in [1.54, 1.807) is 18.2 Å². The lowest BCUT2D eigenvalue weighted by Crippen LogP contribution is -1.98. The second kappa shape index (κ2) is 4.29. The molecule has 4 heteroatoms. The molecule has 0 N–H and O–H groups in total. The minimum Gasteiger partial charge on any atom is -0.493 e. The molecule has 0 bridgehead atoms. The van der Waals surface area contributed by atoms with Crippen LogP contribution < -0.4 is 9.47 Å². The van der Waals surface area contributed by atoms with Crippen molar-refractivity contribution in [2.24, 2.45) is 0 Å². The molecule has 0 amide bonds. The number of ketones is 1. The van der Waals surface area contributed by atoms with Crippen molar-refractivity contribution in [3.63, 3.8) is 0 Å². The molecule has 0 spiro atoms. The fourth-order valence-corrected chi connectivity index (χ4v) is 1.41. The van der Waals surface area contributed by atoms with E-state index < -0.39 is 0 Å².